The van der Waals surface area contributed by atoms with Gasteiger partial charge in [0.1, 0.15) is 0 Å². The number of rotatable bonds is 0. The minimum absolute atomic E-state index is 0. The van der Waals surface area contributed by atoms with Crippen molar-refractivity contribution in [3.8, 4) is 0 Å². The standard InChI is InChI=1S/C12H11NS.Na.H/c1-3-7-11-9(5-1)13-10-6-2-4-8-12(10)14-11;;/h1-5,7-8,10,13H,6H2;;. The number of thioether (sulfide) groups is 1. The molecule has 15 heavy (non-hydrogen) atoms. The van der Waals surface area contributed by atoms with Gasteiger partial charge in [-0.05, 0) is 18.6 Å². The van der Waals surface area contributed by atoms with Crippen LogP contribution in [-0.4, -0.2) is 35.6 Å². The molecule has 1 heterocycles. The Hall–Kier alpha value is -0.150. The molecule has 3 heteroatoms. The third-order valence-electron chi connectivity index (χ3n) is 2.56. The van der Waals surface area contributed by atoms with Gasteiger partial charge in [-0.1, -0.05) is 42.1 Å². The third kappa shape index (κ3) is 2.18. The van der Waals surface area contributed by atoms with E-state index < -0.39 is 0 Å². The topological polar surface area (TPSA) is 12.0 Å². The van der Waals surface area contributed by atoms with Crippen LogP contribution in [0.15, 0.2) is 52.3 Å². The molecule has 0 spiro atoms. The van der Waals surface area contributed by atoms with Gasteiger partial charge in [0.25, 0.3) is 0 Å². The Balaban J connectivity index is 0.000000853. The van der Waals surface area contributed by atoms with Gasteiger partial charge < -0.3 is 5.32 Å². The molecule has 1 aromatic rings. The first-order chi connectivity index (χ1) is 6.93. The molecule has 1 N–H and O–H groups in total. The second-order valence-electron chi connectivity index (χ2n) is 3.53. The number of anilines is 1. The van der Waals surface area contributed by atoms with Crippen molar-refractivity contribution in [3.05, 3.63) is 47.4 Å². The number of allylic oxidation sites excluding steroid dienone is 2. The second-order valence-corrected chi connectivity index (χ2v) is 4.64. The number of para-hydroxylation sites is 1. The van der Waals surface area contributed by atoms with Crippen molar-refractivity contribution in [3.63, 3.8) is 0 Å². The maximum atomic E-state index is 3.56. The molecule has 0 fully saturated rings. The molecule has 0 amide bonds. The van der Waals surface area contributed by atoms with Crippen molar-refractivity contribution >= 4 is 47.0 Å². The molecule has 0 saturated carbocycles. The number of hydrogen-bond acceptors (Lipinski definition) is 2. The van der Waals surface area contributed by atoms with Crippen LogP contribution in [0, 0.1) is 0 Å². The quantitative estimate of drug-likeness (QED) is 0.681. The summed E-state index contributed by atoms with van der Waals surface area (Å²) >= 11 is 1.89. The normalized spacial score (nSPS) is 21.6. The molecule has 0 aromatic heterocycles. The predicted octanol–water partition coefficient (Wildman–Crippen LogP) is 2.77. The van der Waals surface area contributed by atoms with Crippen molar-refractivity contribution in [1.82, 2.24) is 0 Å². The summed E-state index contributed by atoms with van der Waals surface area (Å²) in [5, 5.41) is 3.56. The molecule has 0 radical (unpaired) electrons. The van der Waals surface area contributed by atoms with E-state index in [-0.39, 0.29) is 29.6 Å². The van der Waals surface area contributed by atoms with E-state index in [1.165, 1.54) is 15.5 Å². The molecule has 2 aliphatic rings. The Morgan fingerprint density at radius 2 is 2.13 bits per heavy atom. The maximum absolute atomic E-state index is 3.56. The summed E-state index contributed by atoms with van der Waals surface area (Å²) < 4.78 is 0. The molecule has 0 bridgehead atoms. The Labute approximate surface area is 116 Å². The van der Waals surface area contributed by atoms with Crippen molar-refractivity contribution in [2.45, 2.75) is 17.4 Å². The zero-order valence-corrected chi connectivity index (χ0v) is 8.55. The van der Waals surface area contributed by atoms with E-state index in [2.05, 4.69) is 47.8 Å². The van der Waals surface area contributed by atoms with Crippen LogP contribution in [0.4, 0.5) is 5.69 Å². The van der Waals surface area contributed by atoms with E-state index >= 15 is 0 Å². The molecule has 1 unspecified atom stereocenters. The first-order valence-electron chi connectivity index (χ1n) is 4.83. The van der Waals surface area contributed by atoms with Crippen molar-refractivity contribution < 1.29 is 0 Å². The van der Waals surface area contributed by atoms with Gasteiger partial charge in [-0.25, -0.2) is 0 Å². The fourth-order valence-corrected chi connectivity index (χ4v) is 2.92. The molecule has 3 rings (SSSR count). The van der Waals surface area contributed by atoms with Crippen molar-refractivity contribution in [2.75, 3.05) is 5.32 Å². The zero-order chi connectivity index (χ0) is 9.38. The number of fused-ring (bicyclic) bond motifs is 2. The zero-order valence-electron chi connectivity index (χ0n) is 7.73. The van der Waals surface area contributed by atoms with Gasteiger partial charge in [0.2, 0.25) is 0 Å². The molecule has 1 aromatic carbocycles. The van der Waals surface area contributed by atoms with Crippen LogP contribution in [0.25, 0.3) is 0 Å². The van der Waals surface area contributed by atoms with Gasteiger partial charge in [-0.3, -0.25) is 0 Å². The van der Waals surface area contributed by atoms with Gasteiger partial charge in [-0.15, -0.1) is 0 Å². The average molecular weight is 225 g/mol. The summed E-state index contributed by atoms with van der Waals surface area (Å²) in [6, 6.07) is 8.99. The van der Waals surface area contributed by atoms with Crippen LogP contribution in [0.2, 0.25) is 0 Å². The van der Waals surface area contributed by atoms with Crippen LogP contribution >= 0.6 is 11.8 Å². The van der Waals surface area contributed by atoms with Gasteiger partial charge in [0.05, 0.1) is 6.04 Å². The van der Waals surface area contributed by atoms with Crippen LogP contribution < -0.4 is 5.32 Å². The van der Waals surface area contributed by atoms with Crippen molar-refractivity contribution in [2.24, 2.45) is 0 Å². The average Bonchev–Trinajstić information content (AvgIpc) is 2.26. The monoisotopic (exact) mass is 225 g/mol. The SMILES string of the molecule is C1=CCC2Nc3ccccc3SC2=C1.[NaH]. The Morgan fingerprint density at radius 1 is 1.27 bits per heavy atom. The molecule has 1 aliphatic carbocycles. The minimum atomic E-state index is 0. The van der Waals surface area contributed by atoms with E-state index in [4.69, 9.17) is 0 Å². The molecule has 72 valence electrons. The van der Waals surface area contributed by atoms with Crippen LogP contribution in [-0.2, 0) is 0 Å². The molecule has 0 saturated heterocycles. The molecular weight excluding hydrogens is 213 g/mol. The van der Waals surface area contributed by atoms with Crippen LogP contribution in [0.3, 0.4) is 0 Å². The third-order valence-corrected chi connectivity index (χ3v) is 3.79. The number of nitrogens with one attached hydrogen (secondary N) is 1. The van der Waals surface area contributed by atoms with Gasteiger partial charge in [0.15, 0.2) is 0 Å². The fourth-order valence-electron chi connectivity index (χ4n) is 1.83. The fraction of sp³-hybridized carbons (Fsp3) is 0.167. The van der Waals surface area contributed by atoms with Crippen LogP contribution in [0.1, 0.15) is 6.42 Å². The summed E-state index contributed by atoms with van der Waals surface area (Å²) in [4.78, 5) is 2.77. The Bertz CT molecular complexity index is 425. The molecule has 1 nitrogen and oxygen atoms in total. The van der Waals surface area contributed by atoms with Crippen molar-refractivity contribution in [1.29, 1.82) is 0 Å². The summed E-state index contributed by atoms with van der Waals surface area (Å²) in [5.41, 5.74) is 1.27. The first-order valence-corrected chi connectivity index (χ1v) is 5.65. The van der Waals surface area contributed by atoms with Gasteiger partial charge >= 0.3 is 29.6 Å². The summed E-state index contributed by atoms with van der Waals surface area (Å²) in [6.07, 6.45) is 7.68. The second kappa shape index (κ2) is 4.79. The number of hydrogen-bond donors (Lipinski definition) is 1. The van der Waals surface area contributed by atoms with E-state index in [0.29, 0.717) is 6.04 Å². The summed E-state index contributed by atoms with van der Waals surface area (Å²) in [5.74, 6) is 0. The van der Waals surface area contributed by atoms with Crippen LogP contribution in [0.5, 0.6) is 0 Å². The van der Waals surface area contributed by atoms with E-state index in [1.54, 1.807) is 0 Å². The van der Waals surface area contributed by atoms with Gasteiger partial charge in [0, 0.05) is 15.5 Å². The Morgan fingerprint density at radius 3 is 3.07 bits per heavy atom. The predicted molar refractivity (Wildman–Crippen MR) is 68.7 cm³/mol. The summed E-state index contributed by atoms with van der Waals surface area (Å²) in [7, 11) is 0. The Kier molecular flexibility index (Phi) is 3.62. The van der Waals surface area contributed by atoms with E-state index in [0.717, 1.165) is 6.42 Å². The molecule has 1 aliphatic heterocycles. The van der Waals surface area contributed by atoms with E-state index in [1.807, 2.05) is 11.8 Å². The molecular formula is C12H12NNaS. The first kappa shape index (κ1) is 11.3. The number of benzene rings is 1. The van der Waals surface area contributed by atoms with Gasteiger partial charge in [-0.2, -0.15) is 0 Å². The summed E-state index contributed by atoms with van der Waals surface area (Å²) in [6.45, 7) is 0. The van der Waals surface area contributed by atoms with E-state index in [9.17, 15) is 0 Å². The molecule has 1 atom stereocenters.